The van der Waals surface area contributed by atoms with Gasteiger partial charge in [-0.3, -0.25) is 0 Å². The number of hydrogen-bond acceptors (Lipinski definition) is 1. The minimum Gasteiger partial charge on any atom is -0.508 e. The summed E-state index contributed by atoms with van der Waals surface area (Å²) >= 11 is 0. The molecule has 4 heteroatoms. The van der Waals surface area contributed by atoms with Gasteiger partial charge in [0.25, 0.3) is 0 Å². The molecule has 0 spiro atoms. The molecule has 1 aromatic carbocycles. The lowest BCUT2D eigenvalue weighted by molar-refractivity contribution is -0.151. The molecule has 1 rings (SSSR count). The highest BCUT2D eigenvalue weighted by atomic mass is 19.4. The molecule has 0 radical (unpaired) electrons. The summed E-state index contributed by atoms with van der Waals surface area (Å²) in [6.45, 7) is 5.29. The van der Waals surface area contributed by atoms with Crippen LogP contribution in [0.2, 0.25) is 0 Å². The van der Waals surface area contributed by atoms with E-state index in [4.69, 9.17) is 0 Å². The highest BCUT2D eigenvalue weighted by molar-refractivity contribution is 5.40. The summed E-state index contributed by atoms with van der Waals surface area (Å²) in [5.41, 5.74) is 0.784. The van der Waals surface area contributed by atoms with Crippen molar-refractivity contribution in [1.29, 1.82) is 0 Å². The van der Waals surface area contributed by atoms with Gasteiger partial charge in [-0.25, -0.2) is 0 Å². The summed E-state index contributed by atoms with van der Waals surface area (Å²) in [4.78, 5) is 0. The molecule has 0 heterocycles. The number of halogens is 3. The molecule has 96 valence electrons. The first kappa shape index (κ1) is 13.9. The predicted octanol–water partition coefficient (Wildman–Crippen LogP) is 4.57. The third kappa shape index (κ3) is 3.14. The second-order valence-corrected chi connectivity index (χ2v) is 4.48. The maximum Gasteiger partial charge on any atom is 0.395 e. The molecule has 0 aliphatic rings. The van der Waals surface area contributed by atoms with Crippen molar-refractivity contribution in [2.75, 3.05) is 0 Å². The molecule has 0 aliphatic heterocycles. The molecule has 0 aromatic heterocycles. The third-order valence-corrected chi connectivity index (χ3v) is 2.90. The fourth-order valence-corrected chi connectivity index (χ4v) is 1.84. The van der Waals surface area contributed by atoms with Gasteiger partial charge in [0, 0.05) is 5.56 Å². The molecule has 1 N–H and O–H groups in total. The molecule has 0 saturated heterocycles. The Kier molecular flexibility index (Phi) is 4.07. The Morgan fingerprint density at radius 1 is 1.24 bits per heavy atom. The first-order valence-electron chi connectivity index (χ1n) is 5.66. The van der Waals surface area contributed by atoms with Gasteiger partial charge in [0.1, 0.15) is 5.75 Å². The maximum absolute atomic E-state index is 12.8. The molecular formula is C13H17F3O. The number of phenols is 1. The van der Waals surface area contributed by atoms with Crippen molar-refractivity contribution in [3.63, 3.8) is 0 Å². The van der Waals surface area contributed by atoms with Crippen molar-refractivity contribution in [1.82, 2.24) is 0 Å². The summed E-state index contributed by atoms with van der Waals surface area (Å²) in [7, 11) is 0. The Morgan fingerprint density at radius 2 is 1.82 bits per heavy atom. The van der Waals surface area contributed by atoms with E-state index in [1.54, 1.807) is 6.07 Å². The highest BCUT2D eigenvalue weighted by Crippen LogP contribution is 2.41. The van der Waals surface area contributed by atoms with E-state index < -0.39 is 12.1 Å². The van der Waals surface area contributed by atoms with Crippen LogP contribution in [0.25, 0.3) is 0 Å². The molecule has 1 atom stereocenters. The van der Waals surface area contributed by atoms with E-state index in [-0.39, 0.29) is 23.7 Å². The monoisotopic (exact) mass is 246 g/mol. The van der Waals surface area contributed by atoms with Crippen LogP contribution in [-0.4, -0.2) is 11.3 Å². The predicted molar refractivity (Wildman–Crippen MR) is 61.3 cm³/mol. The first-order chi connectivity index (χ1) is 7.77. The van der Waals surface area contributed by atoms with Crippen LogP contribution in [0, 0.1) is 0 Å². The zero-order valence-electron chi connectivity index (χ0n) is 10.2. The van der Waals surface area contributed by atoms with Crippen LogP contribution < -0.4 is 0 Å². The van der Waals surface area contributed by atoms with Crippen LogP contribution in [0.3, 0.4) is 0 Å². The summed E-state index contributed by atoms with van der Waals surface area (Å²) in [6.07, 6.45) is -4.39. The van der Waals surface area contributed by atoms with Crippen LogP contribution in [0.4, 0.5) is 13.2 Å². The lowest BCUT2D eigenvalue weighted by Crippen LogP contribution is -2.20. The van der Waals surface area contributed by atoms with Crippen molar-refractivity contribution in [3.05, 3.63) is 29.3 Å². The molecule has 17 heavy (non-hydrogen) atoms. The Bertz CT molecular complexity index is 383. The summed E-state index contributed by atoms with van der Waals surface area (Å²) in [6, 6.07) is 4.47. The zero-order chi connectivity index (χ0) is 13.2. The number of aromatic hydroxyl groups is 1. The van der Waals surface area contributed by atoms with Crippen molar-refractivity contribution in [3.8, 4) is 5.75 Å². The Morgan fingerprint density at radius 3 is 2.24 bits per heavy atom. The van der Waals surface area contributed by atoms with Crippen LogP contribution in [0.15, 0.2) is 18.2 Å². The van der Waals surface area contributed by atoms with E-state index in [1.807, 2.05) is 13.8 Å². The van der Waals surface area contributed by atoms with Gasteiger partial charge < -0.3 is 5.11 Å². The standard InChI is InChI=1S/C13H17F3O/c1-4-11(13(14,15)16)10-7-9(8(2)3)5-6-12(10)17/h5-8,11,17H,4H2,1-3H3. The van der Waals surface area contributed by atoms with Crippen LogP contribution in [0.5, 0.6) is 5.75 Å². The highest BCUT2D eigenvalue weighted by Gasteiger charge is 2.40. The normalized spacial score (nSPS) is 14.1. The summed E-state index contributed by atoms with van der Waals surface area (Å²) in [5, 5.41) is 9.58. The van der Waals surface area contributed by atoms with Gasteiger partial charge in [-0.2, -0.15) is 13.2 Å². The smallest absolute Gasteiger partial charge is 0.395 e. The maximum atomic E-state index is 12.8. The van der Waals surface area contributed by atoms with E-state index in [1.165, 1.54) is 19.1 Å². The molecule has 0 bridgehead atoms. The van der Waals surface area contributed by atoms with E-state index in [9.17, 15) is 18.3 Å². The number of alkyl halides is 3. The van der Waals surface area contributed by atoms with Crippen molar-refractivity contribution >= 4 is 0 Å². The number of rotatable bonds is 3. The quantitative estimate of drug-likeness (QED) is 0.828. The van der Waals surface area contributed by atoms with E-state index in [0.717, 1.165) is 5.56 Å². The topological polar surface area (TPSA) is 20.2 Å². The van der Waals surface area contributed by atoms with Gasteiger partial charge >= 0.3 is 6.18 Å². The minimum atomic E-state index is -4.32. The number of phenolic OH excluding ortho intramolecular Hbond substituents is 1. The summed E-state index contributed by atoms with van der Waals surface area (Å²) in [5.74, 6) is -1.74. The van der Waals surface area contributed by atoms with Crippen molar-refractivity contribution < 1.29 is 18.3 Å². The number of hydrogen-bond donors (Lipinski definition) is 1. The largest absolute Gasteiger partial charge is 0.508 e. The first-order valence-corrected chi connectivity index (χ1v) is 5.66. The molecule has 0 fully saturated rings. The van der Waals surface area contributed by atoms with Gasteiger partial charge in [0.2, 0.25) is 0 Å². The van der Waals surface area contributed by atoms with Gasteiger partial charge in [-0.1, -0.05) is 32.9 Å². The number of benzene rings is 1. The van der Waals surface area contributed by atoms with E-state index in [2.05, 4.69) is 0 Å². The SMILES string of the molecule is CCC(c1cc(C(C)C)ccc1O)C(F)(F)F. The van der Waals surface area contributed by atoms with Crippen LogP contribution in [0.1, 0.15) is 50.2 Å². The average Bonchev–Trinajstić information content (AvgIpc) is 2.19. The Balaban J connectivity index is 3.23. The molecule has 1 nitrogen and oxygen atoms in total. The molecule has 0 aliphatic carbocycles. The second-order valence-electron chi connectivity index (χ2n) is 4.48. The van der Waals surface area contributed by atoms with Gasteiger partial charge in [0.15, 0.2) is 0 Å². The summed E-state index contributed by atoms with van der Waals surface area (Å²) < 4.78 is 38.4. The Labute approximate surface area is 99.3 Å². The fourth-order valence-electron chi connectivity index (χ4n) is 1.84. The molecular weight excluding hydrogens is 229 g/mol. The van der Waals surface area contributed by atoms with Crippen LogP contribution >= 0.6 is 0 Å². The fraction of sp³-hybridized carbons (Fsp3) is 0.538. The lowest BCUT2D eigenvalue weighted by atomic mass is 9.91. The molecule has 1 aromatic rings. The van der Waals surface area contributed by atoms with Crippen LogP contribution in [-0.2, 0) is 0 Å². The van der Waals surface area contributed by atoms with E-state index in [0.29, 0.717) is 0 Å². The van der Waals surface area contributed by atoms with E-state index >= 15 is 0 Å². The zero-order valence-corrected chi connectivity index (χ0v) is 10.2. The van der Waals surface area contributed by atoms with Crippen molar-refractivity contribution in [2.24, 2.45) is 0 Å². The minimum absolute atomic E-state index is 0.0220. The third-order valence-electron chi connectivity index (χ3n) is 2.90. The second kappa shape index (κ2) is 4.98. The Hall–Kier alpha value is -1.19. The van der Waals surface area contributed by atoms with Gasteiger partial charge in [0.05, 0.1) is 5.92 Å². The van der Waals surface area contributed by atoms with Gasteiger partial charge in [-0.05, 0) is 24.0 Å². The molecule has 0 saturated carbocycles. The van der Waals surface area contributed by atoms with Crippen molar-refractivity contribution in [2.45, 2.75) is 45.2 Å². The van der Waals surface area contributed by atoms with Gasteiger partial charge in [-0.15, -0.1) is 0 Å². The molecule has 0 amide bonds. The molecule has 1 unspecified atom stereocenters. The average molecular weight is 246 g/mol. The lowest BCUT2D eigenvalue weighted by Gasteiger charge is -2.21.